The molecule has 0 spiro atoms. The molecule has 2 heterocycles. The van der Waals surface area contributed by atoms with Crippen LogP contribution >= 0.6 is 11.3 Å². The van der Waals surface area contributed by atoms with E-state index in [1.165, 1.54) is 11.3 Å². The van der Waals surface area contributed by atoms with Gasteiger partial charge < -0.3 is 29.0 Å². The average Bonchev–Trinajstić information content (AvgIpc) is 3.42. The van der Waals surface area contributed by atoms with E-state index >= 15 is 0 Å². The molecule has 0 fully saturated rings. The van der Waals surface area contributed by atoms with E-state index in [1.807, 2.05) is 62.5 Å². The fourth-order valence-corrected chi connectivity index (χ4v) is 4.54. The van der Waals surface area contributed by atoms with E-state index < -0.39 is 5.97 Å². The van der Waals surface area contributed by atoms with Crippen molar-refractivity contribution < 1.29 is 28.8 Å². The molecule has 9 heteroatoms. The van der Waals surface area contributed by atoms with Crippen molar-refractivity contribution in [2.45, 2.75) is 39.7 Å². The number of carbonyl (C=O) groups is 1. The van der Waals surface area contributed by atoms with E-state index in [0.717, 1.165) is 32.8 Å². The Kier molecular flexibility index (Phi) is 8.00. The summed E-state index contributed by atoms with van der Waals surface area (Å²) in [6.07, 6.45) is 0.726. The number of nitrogens with one attached hydrogen (secondary N) is 1. The number of aromatic amines is 1. The monoisotopic (exact) mass is 510 g/mol. The van der Waals surface area contributed by atoms with Crippen molar-refractivity contribution in [3.8, 4) is 33.7 Å². The minimum atomic E-state index is -0.860. The number of H-pyrrole nitrogens is 1. The Morgan fingerprint density at radius 1 is 1.11 bits per heavy atom. The lowest BCUT2D eigenvalue weighted by Crippen LogP contribution is -2.06. The van der Waals surface area contributed by atoms with E-state index in [9.17, 15) is 4.79 Å². The second-order valence-corrected chi connectivity index (χ2v) is 9.44. The van der Waals surface area contributed by atoms with Crippen LogP contribution in [0.3, 0.4) is 0 Å². The summed E-state index contributed by atoms with van der Waals surface area (Å²) >= 11 is 1.52. The van der Waals surface area contributed by atoms with Gasteiger partial charge in [0.25, 0.3) is 0 Å². The summed E-state index contributed by atoms with van der Waals surface area (Å²) in [5, 5.41) is 12.8. The molecule has 36 heavy (non-hydrogen) atoms. The summed E-state index contributed by atoms with van der Waals surface area (Å²) in [6.45, 7) is 6.81. The molecule has 190 valence electrons. The first-order chi connectivity index (χ1) is 17.3. The molecule has 0 aliphatic rings. The Labute approximate surface area is 213 Å². The Balaban J connectivity index is 1.31. The van der Waals surface area contributed by atoms with Crippen LogP contribution in [-0.4, -0.2) is 47.5 Å². The highest BCUT2D eigenvalue weighted by atomic mass is 32.1. The minimum Gasteiger partial charge on any atom is -0.493 e. The van der Waals surface area contributed by atoms with Crippen molar-refractivity contribution in [1.29, 1.82) is 0 Å². The number of ether oxygens (including phenoxy) is 4. The number of thiazole rings is 1. The van der Waals surface area contributed by atoms with Gasteiger partial charge in [-0.05, 0) is 62.7 Å². The lowest BCUT2D eigenvalue weighted by Gasteiger charge is -2.12. The van der Waals surface area contributed by atoms with Gasteiger partial charge >= 0.3 is 5.97 Å². The van der Waals surface area contributed by atoms with Crippen molar-refractivity contribution in [3.05, 3.63) is 53.0 Å². The zero-order valence-electron chi connectivity index (χ0n) is 20.8. The molecule has 2 aromatic heterocycles. The summed E-state index contributed by atoms with van der Waals surface area (Å²) in [5.41, 5.74) is 3.48. The first-order valence-electron chi connectivity index (χ1n) is 11.7. The molecule has 0 atom stereocenters. The maximum atomic E-state index is 11.1. The Hall–Kier alpha value is -3.72. The van der Waals surface area contributed by atoms with Gasteiger partial charge in [-0.3, -0.25) is 4.79 Å². The number of aryl methyl sites for hydroxylation is 1. The number of carboxylic acid groups (broad SMARTS) is 1. The number of carboxylic acids is 1. The zero-order chi connectivity index (χ0) is 25.7. The molecule has 0 aliphatic carbocycles. The lowest BCUT2D eigenvalue weighted by atomic mass is 10.1. The van der Waals surface area contributed by atoms with Crippen molar-refractivity contribution in [2.24, 2.45) is 0 Å². The number of benzene rings is 2. The molecule has 0 aliphatic heterocycles. The highest BCUT2D eigenvalue weighted by Gasteiger charge is 2.13. The molecular weight excluding hydrogens is 480 g/mol. The van der Waals surface area contributed by atoms with Gasteiger partial charge in [0, 0.05) is 28.6 Å². The molecule has 2 N–H and O–H groups in total. The largest absolute Gasteiger partial charge is 0.493 e. The Morgan fingerprint density at radius 2 is 1.92 bits per heavy atom. The smallest absolute Gasteiger partial charge is 0.309 e. The van der Waals surface area contributed by atoms with Gasteiger partial charge in [-0.25, -0.2) is 4.98 Å². The topological polar surface area (TPSA) is 103 Å². The van der Waals surface area contributed by atoms with E-state index in [4.69, 9.17) is 24.1 Å². The van der Waals surface area contributed by atoms with E-state index in [0.29, 0.717) is 42.7 Å². The van der Waals surface area contributed by atoms with Crippen LogP contribution in [-0.2, 0) is 11.2 Å². The first kappa shape index (κ1) is 25.4. The molecular formula is C27H30N2O6S. The van der Waals surface area contributed by atoms with Crippen molar-refractivity contribution >= 4 is 28.2 Å². The number of aliphatic carboxylic acids is 1. The number of methoxy groups -OCH3 is 1. The summed E-state index contributed by atoms with van der Waals surface area (Å²) in [5.74, 6) is 1.79. The van der Waals surface area contributed by atoms with Crippen LogP contribution < -0.4 is 18.9 Å². The molecule has 0 saturated carbocycles. The van der Waals surface area contributed by atoms with Gasteiger partial charge in [-0.1, -0.05) is 0 Å². The summed E-state index contributed by atoms with van der Waals surface area (Å²) in [4.78, 5) is 18.8. The maximum Gasteiger partial charge on any atom is 0.309 e. The van der Waals surface area contributed by atoms with E-state index in [1.54, 1.807) is 7.11 Å². The normalized spacial score (nSPS) is 11.1. The molecule has 8 nitrogen and oxygen atoms in total. The van der Waals surface area contributed by atoms with Gasteiger partial charge in [0.05, 0.1) is 38.2 Å². The van der Waals surface area contributed by atoms with Gasteiger partial charge in [-0.15, -0.1) is 11.3 Å². The van der Waals surface area contributed by atoms with Crippen LogP contribution in [0.1, 0.15) is 31.5 Å². The van der Waals surface area contributed by atoms with Crippen LogP contribution in [0.4, 0.5) is 0 Å². The first-order valence-corrected chi connectivity index (χ1v) is 12.6. The van der Waals surface area contributed by atoms with Crippen molar-refractivity contribution in [2.75, 3.05) is 20.3 Å². The minimum absolute atomic E-state index is 0.0318. The van der Waals surface area contributed by atoms with Crippen LogP contribution in [0.25, 0.3) is 21.5 Å². The Morgan fingerprint density at radius 3 is 2.67 bits per heavy atom. The molecule has 0 bridgehead atoms. The standard InChI is InChI=1S/C27H30N2O6S/c1-16(2)35-25-15-36-27(29-25)18-6-9-23(24(12-18)32-4)34-11-5-10-33-19-7-8-21-20(13-19)17(3)22(28-21)14-26(30)31/h6-9,12-13,15-16,28H,5,10-11,14H2,1-4H3,(H,30,31). The number of hydrogen-bond acceptors (Lipinski definition) is 7. The number of fused-ring (bicyclic) bond motifs is 1. The predicted octanol–water partition coefficient (Wildman–Crippen LogP) is 5.87. The van der Waals surface area contributed by atoms with Crippen molar-refractivity contribution in [3.63, 3.8) is 0 Å². The van der Waals surface area contributed by atoms with E-state index in [2.05, 4.69) is 9.97 Å². The molecule has 0 radical (unpaired) electrons. The van der Waals surface area contributed by atoms with Gasteiger partial charge in [0.15, 0.2) is 11.5 Å². The second-order valence-electron chi connectivity index (χ2n) is 8.58. The third-order valence-corrected chi connectivity index (χ3v) is 6.40. The second kappa shape index (κ2) is 11.3. The summed E-state index contributed by atoms with van der Waals surface area (Å²) < 4.78 is 23.0. The fraction of sp³-hybridized carbons (Fsp3) is 0.333. The van der Waals surface area contributed by atoms with Crippen LogP contribution in [0, 0.1) is 6.92 Å². The van der Waals surface area contributed by atoms with E-state index in [-0.39, 0.29) is 12.5 Å². The molecule has 0 amide bonds. The third kappa shape index (κ3) is 6.09. The van der Waals surface area contributed by atoms with Crippen LogP contribution in [0.5, 0.6) is 23.1 Å². The van der Waals surface area contributed by atoms with Crippen LogP contribution in [0.2, 0.25) is 0 Å². The third-order valence-electron chi connectivity index (χ3n) is 5.53. The zero-order valence-corrected chi connectivity index (χ0v) is 21.6. The van der Waals surface area contributed by atoms with Gasteiger partial charge in [0.2, 0.25) is 5.88 Å². The van der Waals surface area contributed by atoms with Crippen LogP contribution in [0.15, 0.2) is 41.8 Å². The molecule has 2 aromatic carbocycles. The lowest BCUT2D eigenvalue weighted by molar-refractivity contribution is -0.136. The van der Waals surface area contributed by atoms with Gasteiger partial charge in [-0.2, -0.15) is 0 Å². The van der Waals surface area contributed by atoms with Gasteiger partial charge in [0.1, 0.15) is 10.8 Å². The SMILES string of the molecule is COc1cc(-c2nc(OC(C)C)cs2)ccc1OCCCOc1ccc2[nH]c(CC(=O)O)c(C)c2c1. The molecule has 4 rings (SSSR count). The highest BCUT2D eigenvalue weighted by Crippen LogP contribution is 2.35. The molecule has 0 saturated heterocycles. The summed E-state index contributed by atoms with van der Waals surface area (Å²) in [6, 6.07) is 11.5. The average molecular weight is 511 g/mol. The Bertz CT molecular complexity index is 1340. The maximum absolute atomic E-state index is 11.1. The highest BCUT2D eigenvalue weighted by molar-refractivity contribution is 7.13. The molecule has 4 aromatic rings. The molecule has 0 unspecified atom stereocenters. The fourth-order valence-electron chi connectivity index (χ4n) is 3.82. The summed E-state index contributed by atoms with van der Waals surface area (Å²) in [7, 11) is 1.62. The number of aromatic nitrogens is 2. The van der Waals surface area contributed by atoms with Crippen molar-refractivity contribution in [1.82, 2.24) is 9.97 Å². The predicted molar refractivity (Wildman–Crippen MR) is 140 cm³/mol. The number of hydrogen-bond donors (Lipinski definition) is 2. The number of nitrogens with zero attached hydrogens (tertiary/aromatic N) is 1. The quantitative estimate of drug-likeness (QED) is 0.230. The number of rotatable bonds is 12.